The number of benzene rings is 1. The van der Waals surface area contributed by atoms with E-state index in [0.29, 0.717) is 6.54 Å². The number of hydrogen-bond donors (Lipinski definition) is 0. The van der Waals surface area contributed by atoms with Crippen LogP contribution < -0.4 is 0 Å². The molecule has 0 N–H and O–H groups in total. The van der Waals surface area contributed by atoms with Crippen LogP contribution in [-0.2, 0) is 20.8 Å². The number of esters is 1. The van der Waals surface area contributed by atoms with Crippen LogP contribution in [0.5, 0.6) is 0 Å². The zero-order valence-corrected chi connectivity index (χ0v) is 13.7. The third kappa shape index (κ3) is 3.91. The van der Waals surface area contributed by atoms with Crippen molar-refractivity contribution in [3.8, 4) is 0 Å². The molecule has 120 valence electrons. The van der Waals surface area contributed by atoms with Crippen molar-refractivity contribution in [2.45, 2.75) is 45.4 Å². The largest absolute Gasteiger partial charge is 0.449 e. The van der Waals surface area contributed by atoms with Crippen molar-refractivity contribution < 1.29 is 19.1 Å². The van der Waals surface area contributed by atoms with Gasteiger partial charge < -0.3 is 9.47 Å². The van der Waals surface area contributed by atoms with Crippen LogP contribution in [0.25, 0.3) is 0 Å². The maximum atomic E-state index is 12.4. The van der Waals surface area contributed by atoms with Gasteiger partial charge in [0, 0.05) is 6.54 Å². The summed E-state index contributed by atoms with van der Waals surface area (Å²) in [5, 5.41) is 0. The molecule has 0 saturated heterocycles. The lowest BCUT2D eigenvalue weighted by Crippen LogP contribution is -2.36. The summed E-state index contributed by atoms with van der Waals surface area (Å²) in [5.74, 6) is -0.440. The molecule has 1 atom stereocenters. The minimum atomic E-state index is -0.590. The van der Waals surface area contributed by atoms with Gasteiger partial charge in [0.25, 0.3) is 0 Å². The summed E-state index contributed by atoms with van der Waals surface area (Å²) < 4.78 is 10.2. The normalized spacial score (nSPS) is 17.1. The number of fused-ring (bicyclic) bond motifs is 1. The van der Waals surface area contributed by atoms with E-state index in [0.717, 1.165) is 11.1 Å². The molecule has 1 amide bonds. The highest BCUT2D eigenvalue weighted by Gasteiger charge is 2.37. The number of halogens is 1. The minimum absolute atomic E-state index is 0.0585. The molecule has 1 aromatic rings. The predicted octanol–water partition coefficient (Wildman–Crippen LogP) is 3.61. The first-order valence-electron chi connectivity index (χ1n) is 7.11. The molecule has 1 unspecified atom stereocenters. The molecule has 22 heavy (non-hydrogen) atoms. The minimum Gasteiger partial charge on any atom is -0.449 e. The molecule has 5 nitrogen and oxygen atoms in total. The maximum Gasteiger partial charge on any atom is 0.411 e. The van der Waals surface area contributed by atoms with Crippen molar-refractivity contribution in [1.29, 1.82) is 0 Å². The van der Waals surface area contributed by atoms with Crippen LogP contribution in [0.15, 0.2) is 24.3 Å². The molecule has 0 aromatic heterocycles. The molecule has 1 heterocycles. The van der Waals surface area contributed by atoms with Gasteiger partial charge in [-0.15, -0.1) is 0 Å². The lowest BCUT2D eigenvalue weighted by Gasteiger charge is -2.28. The summed E-state index contributed by atoms with van der Waals surface area (Å²) in [7, 11) is 0. The van der Waals surface area contributed by atoms with Crippen LogP contribution in [0.1, 0.15) is 44.4 Å². The quantitative estimate of drug-likeness (QED) is 0.629. The molecule has 2 rings (SSSR count). The van der Waals surface area contributed by atoms with Crippen LogP contribution >= 0.6 is 11.6 Å². The Morgan fingerprint density at radius 1 is 1.32 bits per heavy atom. The van der Waals surface area contributed by atoms with Gasteiger partial charge >= 0.3 is 12.1 Å². The van der Waals surface area contributed by atoms with E-state index in [1.165, 1.54) is 0 Å². The number of carbonyl (C=O) groups excluding carboxylic acids is 2. The third-order valence-corrected chi connectivity index (χ3v) is 3.44. The Bertz CT molecular complexity index is 568. The van der Waals surface area contributed by atoms with Gasteiger partial charge in [-0.25, -0.2) is 4.79 Å². The fourth-order valence-corrected chi connectivity index (χ4v) is 2.60. The van der Waals surface area contributed by atoms with Gasteiger partial charge in [0.2, 0.25) is 0 Å². The van der Waals surface area contributed by atoms with Gasteiger partial charge in [0.1, 0.15) is 5.60 Å². The zero-order valence-electron chi connectivity index (χ0n) is 13.0. The van der Waals surface area contributed by atoms with Gasteiger partial charge in [-0.05, 0) is 31.9 Å². The highest BCUT2D eigenvalue weighted by atomic mass is 35.5. The second kappa shape index (κ2) is 6.57. The van der Waals surface area contributed by atoms with E-state index in [4.69, 9.17) is 21.1 Å². The Kier molecular flexibility index (Phi) is 4.96. The van der Waals surface area contributed by atoms with Crippen LogP contribution in [0, 0.1) is 0 Å². The lowest BCUT2D eigenvalue weighted by molar-refractivity contribution is -0.142. The van der Waals surface area contributed by atoms with Crippen molar-refractivity contribution in [2.24, 2.45) is 0 Å². The fraction of sp³-hybridized carbons (Fsp3) is 0.500. The molecule has 0 aliphatic carbocycles. The highest BCUT2D eigenvalue weighted by Crippen LogP contribution is 2.37. The molecule has 6 heteroatoms. The number of rotatable bonds is 3. The Balaban J connectivity index is 2.22. The van der Waals surface area contributed by atoms with Crippen molar-refractivity contribution >= 4 is 23.7 Å². The SMILES string of the molecule is CC(C)(C)OC(=O)N1Cc2ccccc2C1CC(=O)OCCl. The maximum absolute atomic E-state index is 12.4. The first kappa shape index (κ1) is 16.6. The molecule has 1 aromatic carbocycles. The topological polar surface area (TPSA) is 55.8 Å². The highest BCUT2D eigenvalue weighted by molar-refractivity contribution is 6.17. The average molecular weight is 326 g/mol. The summed E-state index contributed by atoms with van der Waals surface area (Å²) in [6.45, 7) is 5.85. The van der Waals surface area contributed by atoms with E-state index in [9.17, 15) is 9.59 Å². The molecule has 0 spiro atoms. The molecule has 1 aliphatic rings. The number of carbonyl (C=O) groups is 2. The van der Waals surface area contributed by atoms with Gasteiger partial charge in [0.15, 0.2) is 6.07 Å². The molecule has 1 aliphatic heterocycles. The van der Waals surface area contributed by atoms with Crippen LogP contribution in [-0.4, -0.2) is 28.6 Å². The van der Waals surface area contributed by atoms with Gasteiger partial charge in [-0.3, -0.25) is 9.69 Å². The molecule has 0 fully saturated rings. The number of hydrogen-bond acceptors (Lipinski definition) is 4. The van der Waals surface area contributed by atoms with E-state index >= 15 is 0 Å². The number of nitrogens with zero attached hydrogens (tertiary/aromatic N) is 1. The van der Waals surface area contributed by atoms with Crippen molar-refractivity contribution in [1.82, 2.24) is 4.90 Å². The van der Waals surface area contributed by atoms with Crippen LogP contribution in [0.4, 0.5) is 4.79 Å². The van der Waals surface area contributed by atoms with Crippen molar-refractivity contribution in [3.05, 3.63) is 35.4 Å². The van der Waals surface area contributed by atoms with E-state index in [1.54, 1.807) is 4.90 Å². The van der Waals surface area contributed by atoms with E-state index in [1.807, 2.05) is 45.0 Å². The summed E-state index contributed by atoms with van der Waals surface area (Å²) in [6.07, 6.45) is -0.379. The summed E-state index contributed by atoms with van der Waals surface area (Å²) >= 11 is 5.42. The Morgan fingerprint density at radius 2 is 2.00 bits per heavy atom. The zero-order chi connectivity index (χ0) is 16.3. The van der Waals surface area contributed by atoms with Gasteiger partial charge in [-0.2, -0.15) is 0 Å². The molecule has 0 radical (unpaired) electrons. The van der Waals surface area contributed by atoms with Gasteiger partial charge in [-0.1, -0.05) is 35.9 Å². The summed E-state index contributed by atoms with van der Waals surface area (Å²) in [4.78, 5) is 25.7. The number of ether oxygens (including phenoxy) is 2. The molecule has 0 bridgehead atoms. The van der Waals surface area contributed by atoms with Crippen LogP contribution in [0.2, 0.25) is 0 Å². The Morgan fingerprint density at radius 3 is 2.64 bits per heavy atom. The lowest BCUT2D eigenvalue weighted by atomic mass is 10.0. The molecular formula is C16H20ClNO4. The van der Waals surface area contributed by atoms with Crippen molar-refractivity contribution in [3.63, 3.8) is 0 Å². The van der Waals surface area contributed by atoms with Gasteiger partial charge in [0.05, 0.1) is 12.5 Å². The third-order valence-electron chi connectivity index (χ3n) is 3.33. The first-order valence-corrected chi connectivity index (χ1v) is 7.64. The van der Waals surface area contributed by atoms with E-state index in [2.05, 4.69) is 0 Å². The second-order valence-corrected chi connectivity index (χ2v) is 6.37. The summed E-state index contributed by atoms with van der Waals surface area (Å²) in [5.41, 5.74) is 1.37. The smallest absolute Gasteiger partial charge is 0.411 e. The predicted molar refractivity (Wildman–Crippen MR) is 82.4 cm³/mol. The second-order valence-electron chi connectivity index (χ2n) is 6.15. The summed E-state index contributed by atoms with van der Waals surface area (Å²) in [6, 6.07) is 7.07. The number of amides is 1. The standard InChI is InChI=1S/C16H20ClNO4/c1-16(2,3)22-15(20)18-9-11-6-4-5-7-12(11)13(18)8-14(19)21-10-17/h4-7,13H,8-10H2,1-3H3. The fourth-order valence-electron chi connectivity index (χ4n) is 2.48. The molecule has 0 saturated carbocycles. The van der Waals surface area contributed by atoms with E-state index in [-0.39, 0.29) is 18.5 Å². The Hall–Kier alpha value is -1.75. The average Bonchev–Trinajstić information content (AvgIpc) is 2.76. The van der Waals surface area contributed by atoms with Crippen LogP contribution in [0.3, 0.4) is 0 Å². The van der Waals surface area contributed by atoms with Crippen molar-refractivity contribution in [2.75, 3.05) is 6.07 Å². The number of alkyl halides is 1. The Labute approximate surface area is 135 Å². The molecular weight excluding hydrogens is 306 g/mol. The van der Waals surface area contributed by atoms with E-state index < -0.39 is 17.7 Å². The first-order chi connectivity index (χ1) is 10.3. The monoisotopic (exact) mass is 325 g/mol.